The lowest BCUT2D eigenvalue weighted by atomic mass is 10.1. The van der Waals surface area contributed by atoms with Gasteiger partial charge in [0.1, 0.15) is 11.2 Å². The van der Waals surface area contributed by atoms with Crippen molar-refractivity contribution in [3.05, 3.63) is 29.8 Å². The van der Waals surface area contributed by atoms with Gasteiger partial charge in [0.15, 0.2) is 0 Å². The number of carboxylic acids is 1. The minimum atomic E-state index is -1.20. The molecule has 0 radical (unpaired) electrons. The van der Waals surface area contributed by atoms with Crippen LogP contribution in [-0.2, 0) is 16.1 Å². The lowest BCUT2D eigenvalue weighted by Gasteiger charge is -2.15. The summed E-state index contributed by atoms with van der Waals surface area (Å²) in [5.74, 6) is -0.306. The summed E-state index contributed by atoms with van der Waals surface area (Å²) in [7, 11) is 0. The Kier molecular flexibility index (Phi) is 4.50. The summed E-state index contributed by atoms with van der Waals surface area (Å²) in [5.41, 5.74) is -0.346. The maximum atomic E-state index is 12.0. The van der Waals surface area contributed by atoms with Crippen LogP contribution < -0.4 is 10.1 Å². The Morgan fingerprint density at radius 3 is 2.57 bits per heavy atom. The first kappa shape index (κ1) is 15.4. The lowest BCUT2D eigenvalue weighted by Crippen LogP contribution is -2.36. The molecule has 0 heterocycles. The zero-order valence-corrected chi connectivity index (χ0v) is 12.4. The number of carbonyl (C=O) groups excluding carboxylic acids is 1. The van der Waals surface area contributed by atoms with Crippen molar-refractivity contribution < 1.29 is 19.4 Å². The van der Waals surface area contributed by atoms with Crippen LogP contribution in [-0.4, -0.2) is 23.6 Å². The van der Waals surface area contributed by atoms with E-state index < -0.39 is 17.3 Å². The van der Waals surface area contributed by atoms with Gasteiger partial charge in [0.2, 0.25) is 5.91 Å². The van der Waals surface area contributed by atoms with Gasteiger partial charge in [0.25, 0.3) is 0 Å². The van der Waals surface area contributed by atoms with Gasteiger partial charge >= 0.3 is 5.97 Å². The molecule has 1 aliphatic rings. The smallest absolute Gasteiger partial charge is 0.319 e. The van der Waals surface area contributed by atoms with Gasteiger partial charge in [-0.25, -0.2) is 0 Å². The van der Waals surface area contributed by atoms with E-state index in [1.165, 1.54) is 0 Å². The molecule has 5 nitrogen and oxygen atoms in total. The molecular formula is C16H21NO4. The van der Waals surface area contributed by atoms with E-state index in [-0.39, 0.29) is 6.54 Å². The Morgan fingerprint density at radius 2 is 2.00 bits per heavy atom. The summed E-state index contributed by atoms with van der Waals surface area (Å²) in [6.45, 7) is 5.01. The zero-order valence-electron chi connectivity index (χ0n) is 12.4. The fourth-order valence-corrected chi connectivity index (χ4v) is 2.05. The number of aliphatic carboxylic acids is 1. The fourth-order valence-electron chi connectivity index (χ4n) is 2.05. The monoisotopic (exact) mass is 291 g/mol. The van der Waals surface area contributed by atoms with Crippen molar-refractivity contribution >= 4 is 11.9 Å². The molecule has 2 N–H and O–H groups in total. The SMILES string of the molecule is CC(C)COc1ccccc1CNC(=O)C1(C(=O)O)CC1. The lowest BCUT2D eigenvalue weighted by molar-refractivity contribution is -0.149. The van der Waals surface area contributed by atoms with Gasteiger partial charge < -0.3 is 15.2 Å². The van der Waals surface area contributed by atoms with Crippen LogP contribution in [0.25, 0.3) is 0 Å². The molecule has 0 aliphatic heterocycles. The highest BCUT2D eigenvalue weighted by atomic mass is 16.5. The van der Waals surface area contributed by atoms with Crippen molar-refractivity contribution in [2.75, 3.05) is 6.61 Å². The van der Waals surface area contributed by atoms with Crippen LogP contribution in [0.1, 0.15) is 32.3 Å². The molecule has 21 heavy (non-hydrogen) atoms. The van der Waals surface area contributed by atoms with E-state index in [9.17, 15) is 9.59 Å². The van der Waals surface area contributed by atoms with Crippen molar-refractivity contribution in [2.24, 2.45) is 11.3 Å². The van der Waals surface area contributed by atoms with Crippen LogP contribution in [0.15, 0.2) is 24.3 Å². The third-order valence-electron chi connectivity index (χ3n) is 3.58. The van der Waals surface area contributed by atoms with Gasteiger partial charge in [-0.3, -0.25) is 9.59 Å². The van der Waals surface area contributed by atoms with Gasteiger partial charge in [-0.1, -0.05) is 32.0 Å². The maximum absolute atomic E-state index is 12.0. The van der Waals surface area contributed by atoms with Crippen LogP contribution in [0.5, 0.6) is 5.75 Å². The number of nitrogens with one attached hydrogen (secondary N) is 1. The van der Waals surface area contributed by atoms with E-state index in [0.717, 1.165) is 11.3 Å². The molecule has 1 saturated carbocycles. The first-order valence-electron chi connectivity index (χ1n) is 7.18. The molecule has 1 amide bonds. The van der Waals surface area contributed by atoms with E-state index in [4.69, 9.17) is 9.84 Å². The summed E-state index contributed by atoms with van der Waals surface area (Å²) in [6, 6.07) is 7.47. The van der Waals surface area contributed by atoms with Gasteiger partial charge in [-0.2, -0.15) is 0 Å². The quantitative estimate of drug-likeness (QED) is 0.755. The van der Waals surface area contributed by atoms with E-state index in [1.54, 1.807) is 0 Å². The molecule has 0 saturated heterocycles. The number of para-hydroxylation sites is 1. The minimum Gasteiger partial charge on any atom is -0.493 e. The molecule has 1 aromatic rings. The summed E-state index contributed by atoms with van der Waals surface area (Å²) < 4.78 is 5.71. The number of carboxylic acid groups (broad SMARTS) is 1. The van der Waals surface area contributed by atoms with Crippen molar-refractivity contribution in [1.82, 2.24) is 5.32 Å². The third kappa shape index (κ3) is 3.54. The number of amides is 1. The Bertz CT molecular complexity index is 535. The molecule has 5 heteroatoms. The molecule has 0 atom stereocenters. The molecule has 1 aromatic carbocycles. The van der Waals surface area contributed by atoms with Gasteiger partial charge in [-0.15, -0.1) is 0 Å². The molecule has 1 fully saturated rings. The normalized spacial score (nSPS) is 15.6. The van der Waals surface area contributed by atoms with Crippen molar-refractivity contribution in [3.63, 3.8) is 0 Å². The Balaban J connectivity index is 1.97. The second-order valence-electron chi connectivity index (χ2n) is 5.88. The average Bonchev–Trinajstić information content (AvgIpc) is 3.25. The molecular weight excluding hydrogens is 270 g/mol. The first-order chi connectivity index (χ1) is 9.95. The topological polar surface area (TPSA) is 75.6 Å². The summed E-state index contributed by atoms with van der Waals surface area (Å²) in [6.07, 6.45) is 0.833. The second-order valence-corrected chi connectivity index (χ2v) is 5.88. The third-order valence-corrected chi connectivity index (χ3v) is 3.58. The molecule has 0 aromatic heterocycles. The number of ether oxygens (including phenoxy) is 1. The number of carbonyl (C=O) groups is 2. The van der Waals surface area contributed by atoms with E-state index in [2.05, 4.69) is 19.2 Å². The number of hydrogen-bond acceptors (Lipinski definition) is 3. The largest absolute Gasteiger partial charge is 0.493 e. The Morgan fingerprint density at radius 1 is 1.33 bits per heavy atom. The van der Waals surface area contributed by atoms with Crippen LogP contribution in [0.2, 0.25) is 0 Å². The Labute approximate surface area is 124 Å². The maximum Gasteiger partial charge on any atom is 0.319 e. The van der Waals surface area contributed by atoms with Crippen LogP contribution >= 0.6 is 0 Å². The summed E-state index contributed by atoms with van der Waals surface area (Å²) >= 11 is 0. The van der Waals surface area contributed by atoms with Gasteiger partial charge in [-0.05, 0) is 24.8 Å². The molecule has 1 aliphatic carbocycles. The molecule has 114 valence electrons. The predicted octanol–water partition coefficient (Wildman–Crippen LogP) is 2.20. The summed E-state index contributed by atoms with van der Waals surface area (Å²) in [4.78, 5) is 23.1. The minimum absolute atomic E-state index is 0.280. The highest BCUT2D eigenvalue weighted by Gasteiger charge is 2.56. The zero-order chi connectivity index (χ0) is 15.5. The highest BCUT2D eigenvalue weighted by Crippen LogP contribution is 2.46. The van der Waals surface area contributed by atoms with E-state index >= 15 is 0 Å². The number of hydrogen-bond donors (Lipinski definition) is 2. The van der Waals surface area contributed by atoms with Gasteiger partial charge in [0.05, 0.1) is 6.61 Å². The van der Waals surface area contributed by atoms with Gasteiger partial charge in [0, 0.05) is 12.1 Å². The van der Waals surface area contributed by atoms with Crippen molar-refractivity contribution in [1.29, 1.82) is 0 Å². The van der Waals surface area contributed by atoms with Crippen LogP contribution in [0.4, 0.5) is 0 Å². The van der Waals surface area contributed by atoms with E-state index in [0.29, 0.717) is 25.4 Å². The standard InChI is InChI=1S/C16H21NO4/c1-11(2)10-21-13-6-4-3-5-12(13)9-17-14(18)16(7-8-16)15(19)20/h3-6,11H,7-10H2,1-2H3,(H,17,18)(H,19,20). The van der Waals surface area contributed by atoms with Crippen molar-refractivity contribution in [2.45, 2.75) is 33.2 Å². The van der Waals surface area contributed by atoms with Crippen LogP contribution in [0, 0.1) is 11.3 Å². The molecule has 0 bridgehead atoms. The first-order valence-corrected chi connectivity index (χ1v) is 7.18. The highest BCUT2D eigenvalue weighted by molar-refractivity contribution is 6.04. The predicted molar refractivity (Wildman–Crippen MR) is 77.9 cm³/mol. The van der Waals surface area contributed by atoms with Crippen molar-refractivity contribution in [3.8, 4) is 5.75 Å². The molecule has 2 rings (SSSR count). The van der Waals surface area contributed by atoms with E-state index in [1.807, 2.05) is 24.3 Å². The molecule has 0 spiro atoms. The average molecular weight is 291 g/mol. The molecule has 0 unspecified atom stereocenters. The Hall–Kier alpha value is -2.04. The number of benzene rings is 1. The van der Waals surface area contributed by atoms with Crippen LogP contribution in [0.3, 0.4) is 0 Å². The number of rotatable bonds is 7. The summed E-state index contributed by atoms with van der Waals surface area (Å²) in [5, 5.41) is 11.8. The fraction of sp³-hybridized carbons (Fsp3) is 0.500. The second kappa shape index (κ2) is 6.16.